The Balaban J connectivity index is 1.95. The highest BCUT2D eigenvalue weighted by molar-refractivity contribution is 5.41. The van der Waals surface area contributed by atoms with Crippen molar-refractivity contribution >= 4 is 5.82 Å². The van der Waals surface area contributed by atoms with E-state index < -0.39 is 0 Å². The van der Waals surface area contributed by atoms with Crippen LogP contribution in [0, 0.1) is 0 Å². The molecule has 1 N–H and O–H groups in total. The Morgan fingerprint density at radius 3 is 3.10 bits per heavy atom. The van der Waals surface area contributed by atoms with Crippen LogP contribution in [0.5, 0.6) is 0 Å². The fourth-order valence-electron chi connectivity index (χ4n) is 2.63. The van der Waals surface area contributed by atoms with Crippen LogP contribution < -0.4 is 10.2 Å². The van der Waals surface area contributed by atoms with E-state index >= 15 is 0 Å². The summed E-state index contributed by atoms with van der Waals surface area (Å²) in [4.78, 5) is 6.91. The summed E-state index contributed by atoms with van der Waals surface area (Å²) in [7, 11) is 0. The quantitative estimate of drug-likeness (QED) is 0.838. The molecule has 0 radical (unpaired) electrons. The zero-order chi connectivity index (χ0) is 15.1. The predicted octanol–water partition coefficient (Wildman–Crippen LogP) is 2.98. The van der Waals surface area contributed by atoms with Crippen molar-refractivity contribution in [2.75, 3.05) is 24.6 Å². The number of ether oxygens (including phenoxy) is 1. The number of nitrogens with one attached hydrogen (secondary N) is 1. The lowest BCUT2D eigenvalue weighted by Gasteiger charge is -2.33. The summed E-state index contributed by atoms with van der Waals surface area (Å²) in [5.74, 6) is 1.09. The summed E-state index contributed by atoms with van der Waals surface area (Å²) in [6.07, 6.45) is 5.72. The van der Waals surface area contributed by atoms with E-state index in [1.165, 1.54) is 18.4 Å². The molecular formula is C17H29N3O. The molecular weight excluding hydrogens is 262 g/mol. The van der Waals surface area contributed by atoms with Crippen molar-refractivity contribution in [2.24, 2.45) is 0 Å². The first-order valence-electron chi connectivity index (χ1n) is 8.24. The van der Waals surface area contributed by atoms with Gasteiger partial charge in [0.05, 0.1) is 6.10 Å². The molecule has 2 heterocycles. The van der Waals surface area contributed by atoms with E-state index in [2.05, 4.69) is 48.1 Å². The molecule has 1 unspecified atom stereocenters. The maximum atomic E-state index is 5.91. The van der Waals surface area contributed by atoms with Crippen LogP contribution in [0.4, 0.5) is 5.82 Å². The molecule has 118 valence electrons. The molecule has 1 aliphatic rings. The molecule has 1 aromatic heterocycles. The first-order chi connectivity index (χ1) is 10.2. The van der Waals surface area contributed by atoms with Crippen molar-refractivity contribution in [3.05, 3.63) is 23.9 Å². The second-order valence-corrected chi connectivity index (χ2v) is 6.14. The number of anilines is 1. The minimum absolute atomic E-state index is 0.359. The Hall–Kier alpha value is -1.13. The summed E-state index contributed by atoms with van der Waals surface area (Å²) < 4.78 is 5.91. The highest BCUT2D eigenvalue weighted by atomic mass is 16.5. The van der Waals surface area contributed by atoms with Crippen molar-refractivity contribution in [1.29, 1.82) is 0 Å². The van der Waals surface area contributed by atoms with Crippen LogP contribution in [0.25, 0.3) is 0 Å². The van der Waals surface area contributed by atoms with E-state index in [1.807, 2.05) is 6.20 Å². The van der Waals surface area contributed by atoms with Crippen LogP contribution in [-0.2, 0) is 11.3 Å². The Morgan fingerprint density at radius 1 is 1.48 bits per heavy atom. The van der Waals surface area contributed by atoms with E-state index in [9.17, 15) is 0 Å². The lowest BCUT2D eigenvalue weighted by atomic mass is 10.1. The minimum Gasteiger partial charge on any atom is -0.376 e. The van der Waals surface area contributed by atoms with Gasteiger partial charge in [-0.3, -0.25) is 0 Å². The molecule has 0 spiro atoms. The summed E-state index contributed by atoms with van der Waals surface area (Å²) in [6.45, 7) is 10.3. The van der Waals surface area contributed by atoms with E-state index in [0.717, 1.165) is 38.5 Å². The number of pyridine rings is 1. The summed E-state index contributed by atoms with van der Waals surface area (Å²) in [6, 6.07) is 4.80. The summed E-state index contributed by atoms with van der Waals surface area (Å²) in [5, 5.41) is 3.46. The van der Waals surface area contributed by atoms with E-state index in [4.69, 9.17) is 4.74 Å². The lowest BCUT2D eigenvalue weighted by molar-refractivity contribution is 0.0439. The molecule has 21 heavy (non-hydrogen) atoms. The average Bonchev–Trinajstić information content (AvgIpc) is 2.51. The average molecular weight is 291 g/mol. The molecule has 1 saturated heterocycles. The van der Waals surface area contributed by atoms with Gasteiger partial charge < -0.3 is 15.0 Å². The van der Waals surface area contributed by atoms with E-state index in [1.54, 1.807) is 0 Å². The molecule has 0 amide bonds. The van der Waals surface area contributed by atoms with Gasteiger partial charge in [-0.2, -0.15) is 0 Å². The Labute approximate surface area is 128 Å². The fourth-order valence-corrected chi connectivity index (χ4v) is 2.63. The third-order valence-corrected chi connectivity index (χ3v) is 3.78. The predicted molar refractivity (Wildman–Crippen MR) is 87.7 cm³/mol. The van der Waals surface area contributed by atoms with Crippen LogP contribution >= 0.6 is 0 Å². The molecule has 4 nitrogen and oxygen atoms in total. The fraction of sp³-hybridized carbons (Fsp3) is 0.706. The number of hydrogen-bond acceptors (Lipinski definition) is 4. The second-order valence-electron chi connectivity index (χ2n) is 6.14. The number of rotatable bonds is 7. The van der Waals surface area contributed by atoms with Crippen LogP contribution in [0.1, 0.15) is 45.6 Å². The van der Waals surface area contributed by atoms with Gasteiger partial charge in [-0.1, -0.05) is 20.8 Å². The smallest absolute Gasteiger partial charge is 0.128 e. The van der Waals surface area contributed by atoms with E-state index in [-0.39, 0.29) is 0 Å². The molecule has 0 aromatic carbocycles. The van der Waals surface area contributed by atoms with Gasteiger partial charge in [0.15, 0.2) is 0 Å². The third-order valence-electron chi connectivity index (χ3n) is 3.78. The van der Waals surface area contributed by atoms with Gasteiger partial charge in [-0.15, -0.1) is 0 Å². The molecule has 1 aromatic rings. The lowest BCUT2D eigenvalue weighted by Crippen LogP contribution is -2.40. The molecule has 1 aliphatic heterocycles. The number of piperidine rings is 1. The first kappa shape index (κ1) is 16.2. The molecule has 1 atom stereocenters. The van der Waals surface area contributed by atoms with Gasteiger partial charge in [0.25, 0.3) is 0 Å². The molecule has 4 heteroatoms. The highest BCUT2D eigenvalue weighted by Gasteiger charge is 2.21. The first-order valence-corrected chi connectivity index (χ1v) is 8.24. The third kappa shape index (κ3) is 5.29. The van der Waals surface area contributed by atoms with Gasteiger partial charge in [-0.25, -0.2) is 4.98 Å². The van der Waals surface area contributed by atoms with Gasteiger partial charge in [0.2, 0.25) is 0 Å². The van der Waals surface area contributed by atoms with Gasteiger partial charge in [0.1, 0.15) is 5.82 Å². The molecule has 1 fully saturated rings. The van der Waals surface area contributed by atoms with Crippen LogP contribution in [0.2, 0.25) is 0 Å². The highest BCUT2D eigenvalue weighted by Crippen LogP contribution is 2.20. The molecule has 0 aliphatic carbocycles. The number of hydrogen-bond donors (Lipinski definition) is 1. The topological polar surface area (TPSA) is 37.4 Å². The molecule has 0 bridgehead atoms. The van der Waals surface area contributed by atoms with Crippen LogP contribution in [0.15, 0.2) is 18.3 Å². The van der Waals surface area contributed by atoms with Crippen molar-refractivity contribution in [1.82, 2.24) is 10.3 Å². The Morgan fingerprint density at radius 2 is 2.33 bits per heavy atom. The maximum Gasteiger partial charge on any atom is 0.128 e. The van der Waals surface area contributed by atoms with E-state index in [0.29, 0.717) is 12.1 Å². The van der Waals surface area contributed by atoms with Crippen molar-refractivity contribution in [2.45, 2.75) is 58.7 Å². The standard InChI is InChI=1S/C17H29N3O/c1-4-10-21-16-6-5-9-20(13-16)17-11-15(7-8-18-17)12-19-14(2)3/h7-8,11,14,16,19H,4-6,9-10,12-13H2,1-3H3. The van der Waals surface area contributed by atoms with Gasteiger partial charge in [-0.05, 0) is 37.0 Å². The zero-order valence-electron chi connectivity index (χ0n) is 13.6. The van der Waals surface area contributed by atoms with Crippen molar-refractivity contribution in [3.63, 3.8) is 0 Å². The van der Waals surface area contributed by atoms with Gasteiger partial charge in [0, 0.05) is 38.5 Å². The normalized spacial score (nSPS) is 19.2. The SMILES string of the molecule is CCCOC1CCCN(c2cc(CNC(C)C)ccn2)C1. The Kier molecular flexibility index (Phi) is 6.46. The van der Waals surface area contributed by atoms with Crippen LogP contribution in [-0.4, -0.2) is 36.8 Å². The molecule has 2 rings (SSSR count). The minimum atomic E-state index is 0.359. The van der Waals surface area contributed by atoms with Crippen LogP contribution in [0.3, 0.4) is 0 Å². The monoisotopic (exact) mass is 291 g/mol. The number of aromatic nitrogens is 1. The second kappa shape index (κ2) is 8.35. The number of nitrogens with zero attached hydrogens (tertiary/aromatic N) is 2. The maximum absolute atomic E-state index is 5.91. The van der Waals surface area contributed by atoms with Crippen molar-refractivity contribution in [3.8, 4) is 0 Å². The van der Waals surface area contributed by atoms with Gasteiger partial charge >= 0.3 is 0 Å². The Bertz CT molecular complexity index is 422. The zero-order valence-corrected chi connectivity index (χ0v) is 13.6. The summed E-state index contributed by atoms with van der Waals surface area (Å²) in [5.41, 5.74) is 1.30. The largest absolute Gasteiger partial charge is 0.376 e. The van der Waals surface area contributed by atoms with Crippen molar-refractivity contribution < 1.29 is 4.74 Å². The summed E-state index contributed by atoms with van der Waals surface area (Å²) >= 11 is 0. The molecule has 0 saturated carbocycles.